The molecule has 0 fully saturated rings. The van der Waals surface area contributed by atoms with E-state index in [1.807, 2.05) is 0 Å². The zero-order chi connectivity index (χ0) is 28.3. The van der Waals surface area contributed by atoms with Crippen molar-refractivity contribution in [1.29, 1.82) is 0 Å². The van der Waals surface area contributed by atoms with Crippen LogP contribution in [-0.4, -0.2) is 0 Å². The van der Waals surface area contributed by atoms with Crippen LogP contribution in [0.2, 0.25) is 0 Å². The first-order valence-electron chi connectivity index (χ1n) is 19.1. The fraction of sp³-hybridized carbons (Fsp3) is 0.974. The minimum atomic E-state index is 0.716. The molecule has 0 aromatic heterocycles. The number of rotatable bonds is 35. The van der Waals surface area contributed by atoms with Crippen molar-refractivity contribution >= 4 is 0 Å². The Bertz CT molecular complexity index is 399. The molecule has 235 valence electrons. The van der Waals surface area contributed by atoms with Gasteiger partial charge in [0.15, 0.2) is 0 Å². The Kier molecular flexibility index (Phi) is 36.0. The largest absolute Gasteiger partial charge is 0.0654 e. The molecule has 1 radical (unpaired) electrons. The molecule has 0 spiro atoms. The van der Waals surface area contributed by atoms with Gasteiger partial charge in [-0.25, -0.2) is 0 Å². The molecular formula is C39H79. The zero-order valence-electron chi connectivity index (χ0n) is 28.0. The lowest BCUT2D eigenvalue weighted by Crippen LogP contribution is -1.95. The minimum Gasteiger partial charge on any atom is -0.0654 e. The lowest BCUT2D eigenvalue weighted by Gasteiger charge is -2.11. The van der Waals surface area contributed by atoms with E-state index in [4.69, 9.17) is 0 Å². The summed E-state index contributed by atoms with van der Waals surface area (Å²) in [5.74, 6) is 0.716. The number of hydrogen-bond acceptors (Lipinski definition) is 0. The maximum absolute atomic E-state index is 4.46. The topological polar surface area (TPSA) is 0 Å². The molecule has 0 amide bonds. The van der Waals surface area contributed by atoms with Gasteiger partial charge >= 0.3 is 0 Å². The van der Waals surface area contributed by atoms with Crippen molar-refractivity contribution in [3.8, 4) is 0 Å². The Morgan fingerprint density at radius 1 is 0.256 bits per heavy atom. The fourth-order valence-electron chi connectivity index (χ4n) is 6.28. The summed E-state index contributed by atoms with van der Waals surface area (Å²) in [6.45, 7) is 9.07. The summed E-state index contributed by atoms with van der Waals surface area (Å²) in [5.41, 5.74) is 0. The highest BCUT2D eigenvalue weighted by Crippen LogP contribution is 2.19. The summed E-state index contributed by atoms with van der Waals surface area (Å²) in [6, 6.07) is 0. The van der Waals surface area contributed by atoms with Gasteiger partial charge in [0, 0.05) is 0 Å². The Hall–Kier alpha value is 0. The zero-order valence-corrected chi connectivity index (χ0v) is 28.0. The molecule has 0 rings (SSSR count). The first-order chi connectivity index (χ1) is 19.3. The monoisotopic (exact) mass is 548 g/mol. The summed E-state index contributed by atoms with van der Waals surface area (Å²) >= 11 is 0. The number of hydrogen-bond donors (Lipinski definition) is 0. The van der Waals surface area contributed by atoms with Crippen LogP contribution in [-0.2, 0) is 0 Å². The minimum absolute atomic E-state index is 0.716. The van der Waals surface area contributed by atoms with Crippen LogP contribution in [0.4, 0.5) is 0 Å². The highest BCUT2D eigenvalue weighted by atomic mass is 14.1. The molecule has 0 N–H and O–H groups in total. The first kappa shape index (κ1) is 39.0. The van der Waals surface area contributed by atoms with Gasteiger partial charge in [0.05, 0.1) is 0 Å². The molecule has 0 aromatic carbocycles. The van der Waals surface area contributed by atoms with Gasteiger partial charge in [-0.1, -0.05) is 245 Å². The molecule has 1 unspecified atom stereocenters. The lowest BCUT2D eigenvalue weighted by molar-refractivity contribution is 0.459. The second kappa shape index (κ2) is 36.0. The van der Waals surface area contributed by atoms with Crippen LogP contribution in [0.3, 0.4) is 0 Å². The average molecular weight is 548 g/mol. The molecule has 0 bridgehead atoms. The standard InChI is InChI=1S/C39H79/c1-4-6-8-10-12-14-16-18-20-22-24-26-28-30-32-34-36-38-39(3)37-35-33-31-29-27-25-23-21-19-17-15-13-11-9-7-5-2/h39H,3-38H2,1-2H3. The van der Waals surface area contributed by atoms with E-state index in [1.165, 1.54) is 225 Å². The highest BCUT2D eigenvalue weighted by molar-refractivity contribution is 4.62. The summed E-state index contributed by atoms with van der Waals surface area (Å²) in [6.07, 6.45) is 51.0. The van der Waals surface area contributed by atoms with Gasteiger partial charge in [-0.2, -0.15) is 0 Å². The molecule has 0 heteroatoms. The van der Waals surface area contributed by atoms with Crippen LogP contribution in [0.1, 0.15) is 239 Å². The molecule has 1 atom stereocenters. The van der Waals surface area contributed by atoms with Crippen molar-refractivity contribution in [1.82, 2.24) is 0 Å². The smallest absolute Gasteiger partial charge is 0.0414 e. The highest BCUT2D eigenvalue weighted by Gasteiger charge is 2.03. The second-order valence-corrected chi connectivity index (χ2v) is 13.4. The molecule has 0 saturated carbocycles. The van der Waals surface area contributed by atoms with Gasteiger partial charge in [-0.05, 0) is 5.92 Å². The number of unbranched alkanes of at least 4 members (excludes halogenated alkanes) is 31. The van der Waals surface area contributed by atoms with E-state index in [9.17, 15) is 0 Å². The van der Waals surface area contributed by atoms with E-state index in [0.29, 0.717) is 5.92 Å². The predicted octanol–water partition coefficient (Wildman–Crippen LogP) is 15.1. The first-order valence-corrected chi connectivity index (χ1v) is 19.1. The van der Waals surface area contributed by atoms with Crippen LogP contribution in [0.5, 0.6) is 0 Å². The van der Waals surface area contributed by atoms with Gasteiger partial charge in [0.1, 0.15) is 0 Å². The molecule has 0 aliphatic carbocycles. The molecule has 0 aliphatic rings. The Labute approximate surface area is 251 Å². The van der Waals surface area contributed by atoms with E-state index in [0.717, 1.165) is 0 Å². The summed E-state index contributed by atoms with van der Waals surface area (Å²) in [4.78, 5) is 0. The third kappa shape index (κ3) is 36.0. The van der Waals surface area contributed by atoms with Crippen LogP contribution < -0.4 is 0 Å². The van der Waals surface area contributed by atoms with Crippen molar-refractivity contribution in [2.24, 2.45) is 5.92 Å². The summed E-state index contributed by atoms with van der Waals surface area (Å²) in [5, 5.41) is 0. The lowest BCUT2D eigenvalue weighted by atomic mass is 9.95. The third-order valence-corrected chi connectivity index (χ3v) is 9.18. The SMILES string of the molecule is [CH2]C(CCCCCCCCCCCCCCCCCC)CCCCCCCCCCCCCCCCCCC. The van der Waals surface area contributed by atoms with E-state index < -0.39 is 0 Å². The van der Waals surface area contributed by atoms with E-state index >= 15 is 0 Å². The fourth-order valence-corrected chi connectivity index (χ4v) is 6.28. The predicted molar refractivity (Wildman–Crippen MR) is 182 cm³/mol. The van der Waals surface area contributed by atoms with Gasteiger partial charge < -0.3 is 0 Å². The van der Waals surface area contributed by atoms with Crippen LogP contribution in [0, 0.1) is 12.8 Å². The molecular weight excluding hydrogens is 468 g/mol. The van der Waals surface area contributed by atoms with Gasteiger partial charge in [0.2, 0.25) is 0 Å². The van der Waals surface area contributed by atoms with Crippen molar-refractivity contribution in [2.75, 3.05) is 0 Å². The summed E-state index contributed by atoms with van der Waals surface area (Å²) < 4.78 is 0. The van der Waals surface area contributed by atoms with Crippen molar-refractivity contribution < 1.29 is 0 Å². The maximum atomic E-state index is 4.46. The Morgan fingerprint density at radius 3 is 0.590 bits per heavy atom. The molecule has 0 nitrogen and oxygen atoms in total. The molecule has 0 heterocycles. The van der Waals surface area contributed by atoms with Crippen molar-refractivity contribution in [2.45, 2.75) is 239 Å². The molecule has 0 saturated heterocycles. The van der Waals surface area contributed by atoms with Crippen molar-refractivity contribution in [3.05, 3.63) is 6.92 Å². The van der Waals surface area contributed by atoms with Crippen molar-refractivity contribution in [3.63, 3.8) is 0 Å². The Balaban J connectivity index is 3.13. The summed E-state index contributed by atoms with van der Waals surface area (Å²) in [7, 11) is 0. The van der Waals surface area contributed by atoms with Gasteiger partial charge in [0.25, 0.3) is 0 Å². The average Bonchev–Trinajstić information content (AvgIpc) is 2.94. The van der Waals surface area contributed by atoms with E-state index in [2.05, 4.69) is 20.8 Å². The third-order valence-electron chi connectivity index (χ3n) is 9.18. The molecule has 0 aromatic rings. The van der Waals surface area contributed by atoms with Gasteiger partial charge in [-0.3, -0.25) is 0 Å². The van der Waals surface area contributed by atoms with E-state index in [-0.39, 0.29) is 0 Å². The normalized spacial score (nSPS) is 12.4. The second-order valence-electron chi connectivity index (χ2n) is 13.4. The van der Waals surface area contributed by atoms with Gasteiger partial charge in [-0.15, -0.1) is 0 Å². The molecule has 39 heavy (non-hydrogen) atoms. The maximum Gasteiger partial charge on any atom is -0.0414 e. The molecule has 0 aliphatic heterocycles. The quantitative estimate of drug-likeness (QED) is 0.0692. The van der Waals surface area contributed by atoms with Crippen LogP contribution >= 0.6 is 0 Å². The van der Waals surface area contributed by atoms with Crippen LogP contribution in [0.15, 0.2) is 0 Å². The van der Waals surface area contributed by atoms with E-state index in [1.54, 1.807) is 0 Å². The Morgan fingerprint density at radius 2 is 0.410 bits per heavy atom. The van der Waals surface area contributed by atoms with Crippen LogP contribution in [0.25, 0.3) is 0 Å².